The van der Waals surface area contributed by atoms with Crippen molar-refractivity contribution in [1.29, 1.82) is 0 Å². The Balaban J connectivity index is 2.25. The summed E-state index contributed by atoms with van der Waals surface area (Å²) in [7, 11) is -3.72. The molecule has 0 heterocycles. The first-order chi connectivity index (χ1) is 11.5. The Hall–Kier alpha value is -2.34. The molecule has 134 valence electrons. The van der Waals surface area contributed by atoms with Crippen LogP contribution in [0.5, 0.6) is 0 Å². The first-order valence-corrected chi connectivity index (χ1v) is 9.49. The molecule has 1 amide bonds. The summed E-state index contributed by atoms with van der Waals surface area (Å²) < 4.78 is 27.8. The summed E-state index contributed by atoms with van der Waals surface area (Å²) in [4.78, 5) is 12.2. The second-order valence-corrected chi connectivity index (χ2v) is 8.78. The van der Waals surface area contributed by atoms with Crippen molar-refractivity contribution in [2.24, 2.45) is 0 Å². The molecule has 0 bridgehead atoms. The minimum absolute atomic E-state index is 0.113. The molecule has 0 saturated carbocycles. The summed E-state index contributed by atoms with van der Waals surface area (Å²) in [5, 5.41) is 2.84. The van der Waals surface area contributed by atoms with Crippen molar-refractivity contribution in [1.82, 2.24) is 5.32 Å². The molecule has 0 spiro atoms. The summed E-state index contributed by atoms with van der Waals surface area (Å²) in [6.07, 6.45) is 0. The van der Waals surface area contributed by atoms with Gasteiger partial charge in [0.15, 0.2) is 0 Å². The third-order valence-corrected chi connectivity index (χ3v) is 5.00. The van der Waals surface area contributed by atoms with Crippen LogP contribution in [0.3, 0.4) is 0 Å². The number of anilines is 1. The zero-order chi connectivity index (χ0) is 18.8. The molecule has 2 N–H and O–H groups in total. The quantitative estimate of drug-likeness (QED) is 0.874. The van der Waals surface area contributed by atoms with Crippen LogP contribution < -0.4 is 10.0 Å². The maximum Gasteiger partial charge on any atom is 0.261 e. The van der Waals surface area contributed by atoms with Gasteiger partial charge in [0.25, 0.3) is 15.9 Å². The van der Waals surface area contributed by atoms with Crippen LogP contribution in [0.1, 0.15) is 42.3 Å². The zero-order valence-corrected chi connectivity index (χ0v) is 16.0. The van der Waals surface area contributed by atoms with Crippen LogP contribution in [-0.2, 0) is 10.0 Å². The molecule has 0 aliphatic heterocycles. The number of sulfonamides is 1. The van der Waals surface area contributed by atoms with E-state index in [1.807, 2.05) is 52.8 Å². The lowest BCUT2D eigenvalue weighted by atomic mass is 10.1. The molecule has 0 aromatic heterocycles. The van der Waals surface area contributed by atoms with Gasteiger partial charge in [-0.05, 0) is 70.0 Å². The van der Waals surface area contributed by atoms with Crippen molar-refractivity contribution in [3.05, 3.63) is 59.2 Å². The highest BCUT2D eigenvalue weighted by atomic mass is 32.2. The van der Waals surface area contributed by atoms with Gasteiger partial charge in [-0.2, -0.15) is 0 Å². The number of benzene rings is 2. The summed E-state index contributed by atoms with van der Waals surface area (Å²) in [5.41, 5.74) is 2.35. The molecule has 0 aliphatic rings. The van der Waals surface area contributed by atoms with Crippen LogP contribution in [0.2, 0.25) is 0 Å². The lowest BCUT2D eigenvalue weighted by Crippen LogP contribution is -2.40. The number of rotatable bonds is 4. The Morgan fingerprint density at radius 2 is 1.44 bits per heavy atom. The first kappa shape index (κ1) is 19.0. The number of carbonyl (C=O) groups excluding carboxylic acids is 1. The van der Waals surface area contributed by atoms with Crippen molar-refractivity contribution >= 4 is 21.6 Å². The third-order valence-electron chi connectivity index (χ3n) is 3.63. The molecule has 25 heavy (non-hydrogen) atoms. The van der Waals surface area contributed by atoms with Gasteiger partial charge in [-0.1, -0.05) is 18.2 Å². The van der Waals surface area contributed by atoms with Crippen LogP contribution in [0.4, 0.5) is 5.69 Å². The van der Waals surface area contributed by atoms with Crippen molar-refractivity contribution < 1.29 is 13.2 Å². The van der Waals surface area contributed by atoms with Crippen molar-refractivity contribution in [2.45, 2.75) is 45.1 Å². The fraction of sp³-hybridized carbons (Fsp3) is 0.316. The van der Waals surface area contributed by atoms with E-state index in [1.165, 1.54) is 24.3 Å². The van der Waals surface area contributed by atoms with Gasteiger partial charge in [-0.25, -0.2) is 8.42 Å². The van der Waals surface area contributed by atoms with E-state index >= 15 is 0 Å². The minimum Gasteiger partial charge on any atom is -0.347 e. The predicted molar refractivity (Wildman–Crippen MR) is 100 cm³/mol. The Kier molecular flexibility index (Phi) is 5.23. The average Bonchev–Trinajstić information content (AvgIpc) is 2.49. The SMILES string of the molecule is Cc1cccc(C)c1NS(=O)(=O)c1ccc(C(=O)NC(C)(C)C)cc1. The molecule has 0 saturated heterocycles. The second-order valence-electron chi connectivity index (χ2n) is 7.10. The van der Waals surface area contributed by atoms with Crippen molar-refractivity contribution in [3.8, 4) is 0 Å². The number of hydrogen-bond acceptors (Lipinski definition) is 3. The number of hydrogen-bond donors (Lipinski definition) is 2. The Morgan fingerprint density at radius 1 is 0.920 bits per heavy atom. The number of para-hydroxylation sites is 1. The van der Waals surface area contributed by atoms with E-state index in [9.17, 15) is 13.2 Å². The van der Waals surface area contributed by atoms with Crippen LogP contribution in [-0.4, -0.2) is 19.9 Å². The second kappa shape index (κ2) is 6.88. The Labute approximate surface area is 149 Å². The van der Waals surface area contributed by atoms with Crippen molar-refractivity contribution in [2.75, 3.05) is 4.72 Å². The highest BCUT2D eigenvalue weighted by Gasteiger charge is 2.19. The maximum absolute atomic E-state index is 12.6. The van der Waals surface area contributed by atoms with Gasteiger partial charge in [-0.15, -0.1) is 0 Å². The molecule has 0 atom stereocenters. The van der Waals surface area contributed by atoms with E-state index in [0.717, 1.165) is 11.1 Å². The maximum atomic E-state index is 12.6. The van der Waals surface area contributed by atoms with Gasteiger partial charge < -0.3 is 5.32 Å². The fourth-order valence-corrected chi connectivity index (χ4v) is 3.57. The van der Waals surface area contributed by atoms with E-state index in [4.69, 9.17) is 0 Å². The smallest absolute Gasteiger partial charge is 0.261 e. The predicted octanol–water partition coefficient (Wildman–Crippen LogP) is 3.63. The van der Waals surface area contributed by atoms with E-state index in [2.05, 4.69) is 10.0 Å². The summed E-state index contributed by atoms with van der Waals surface area (Å²) in [6, 6.07) is 11.5. The van der Waals surface area contributed by atoms with Gasteiger partial charge in [0.2, 0.25) is 0 Å². The Bertz CT molecular complexity index is 860. The standard InChI is InChI=1S/C19H24N2O3S/c1-13-7-6-8-14(2)17(13)21-25(23,24)16-11-9-15(10-12-16)18(22)20-19(3,4)5/h6-12,21H,1-5H3,(H,20,22). The molecule has 0 radical (unpaired) electrons. The molecule has 2 aromatic rings. The third kappa shape index (κ3) is 4.82. The number of carbonyl (C=O) groups is 1. The van der Waals surface area contributed by atoms with E-state index in [1.54, 1.807) is 0 Å². The first-order valence-electron chi connectivity index (χ1n) is 8.01. The van der Waals surface area contributed by atoms with Gasteiger partial charge in [-0.3, -0.25) is 9.52 Å². The molecular weight excluding hydrogens is 336 g/mol. The Morgan fingerprint density at radius 3 is 1.92 bits per heavy atom. The average molecular weight is 360 g/mol. The van der Waals surface area contributed by atoms with Crippen LogP contribution in [0.25, 0.3) is 0 Å². The van der Waals surface area contributed by atoms with Gasteiger partial charge in [0, 0.05) is 11.1 Å². The van der Waals surface area contributed by atoms with Gasteiger partial charge in [0.1, 0.15) is 0 Å². The number of amides is 1. The van der Waals surface area contributed by atoms with Gasteiger partial charge >= 0.3 is 0 Å². The summed E-state index contributed by atoms with van der Waals surface area (Å²) in [6.45, 7) is 9.37. The van der Waals surface area contributed by atoms with E-state index < -0.39 is 10.0 Å². The molecule has 2 rings (SSSR count). The zero-order valence-electron chi connectivity index (χ0n) is 15.2. The number of aryl methyl sites for hydroxylation is 2. The normalized spacial score (nSPS) is 11.9. The summed E-state index contributed by atoms with van der Waals surface area (Å²) >= 11 is 0. The van der Waals surface area contributed by atoms with Crippen LogP contribution >= 0.6 is 0 Å². The highest BCUT2D eigenvalue weighted by molar-refractivity contribution is 7.92. The van der Waals surface area contributed by atoms with E-state index in [-0.39, 0.29) is 16.3 Å². The minimum atomic E-state index is -3.72. The fourth-order valence-electron chi connectivity index (χ4n) is 2.37. The highest BCUT2D eigenvalue weighted by Crippen LogP contribution is 2.23. The topological polar surface area (TPSA) is 75.3 Å². The number of nitrogens with one attached hydrogen (secondary N) is 2. The molecule has 0 aliphatic carbocycles. The molecule has 2 aromatic carbocycles. The van der Waals surface area contributed by atoms with Crippen LogP contribution in [0.15, 0.2) is 47.4 Å². The molecular formula is C19H24N2O3S. The van der Waals surface area contributed by atoms with E-state index in [0.29, 0.717) is 11.3 Å². The molecule has 6 heteroatoms. The summed E-state index contributed by atoms with van der Waals surface area (Å²) in [5.74, 6) is -0.237. The molecule has 5 nitrogen and oxygen atoms in total. The molecule has 0 fully saturated rings. The van der Waals surface area contributed by atoms with Crippen LogP contribution in [0, 0.1) is 13.8 Å². The molecule has 0 unspecified atom stereocenters. The van der Waals surface area contributed by atoms with Gasteiger partial charge in [0.05, 0.1) is 10.6 Å². The lowest BCUT2D eigenvalue weighted by Gasteiger charge is -2.20. The monoisotopic (exact) mass is 360 g/mol. The lowest BCUT2D eigenvalue weighted by molar-refractivity contribution is 0.0919. The largest absolute Gasteiger partial charge is 0.347 e. The van der Waals surface area contributed by atoms with Crippen molar-refractivity contribution in [3.63, 3.8) is 0 Å².